The number of carbonyl (C=O) groups excluding carboxylic acids is 1. The van der Waals surface area contributed by atoms with Crippen molar-refractivity contribution in [3.8, 4) is 0 Å². The number of likely N-dealkylation sites (tertiary alicyclic amines) is 1. The van der Waals surface area contributed by atoms with Gasteiger partial charge in [0, 0.05) is 19.7 Å². The predicted octanol–water partition coefficient (Wildman–Crippen LogP) is 1.20. The molecule has 0 saturated carbocycles. The van der Waals surface area contributed by atoms with Crippen LogP contribution in [0.5, 0.6) is 0 Å². The van der Waals surface area contributed by atoms with E-state index in [1.807, 2.05) is 30.3 Å². The third-order valence-corrected chi connectivity index (χ3v) is 4.46. The van der Waals surface area contributed by atoms with Crippen molar-refractivity contribution in [1.29, 1.82) is 0 Å². The van der Waals surface area contributed by atoms with E-state index in [2.05, 4.69) is 0 Å². The minimum Gasteiger partial charge on any atom is -0.391 e. The maximum absolute atomic E-state index is 12.8. The van der Waals surface area contributed by atoms with Gasteiger partial charge in [-0.3, -0.25) is 9.59 Å². The molecule has 1 N–H and O–H groups in total. The van der Waals surface area contributed by atoms with Crippen LogP contribution < -0.4 is 5.56 Å². The minimum atomic E-state index is -0.542. The van der Waals surface area contributed by atoms with Crippen molar-refractivity contribution in [1.82, 2.24) is 9.47 Å². The monoisotopic (exact) mass is 312 g/mol. The number of carbonyl (C=O) groups is 1. The van der Waals surface area contributed by atoms with Crippen molar-refractivity contribution >= 4 is 5.91 Å². The first-order valence-corrected chi connectivity index (χ1v) is 7.77. The molecule has 2 atom stereocenters. The number of rotatable bonds is 3. The van der Waals surface area contributed by atoms with Gasteiger partial charge in [0.2, 0.25) is 0 Å². The highest BCUT2D eigenvalue weighted by atomic mass is 16.3. The van der Waals surface area contributed by atoms with E-state index in [1.165, 1.54) is 10.6 Å². The van der Waals surface area contributed by atoms with E-state index < -0.39 is 6.10 Å². The lowest BCUT2D eigenvalue weighted by molar-refractivity contribution is 0.0629. The summed E-state index contributed by atoms with van der Waals surface area (Å²) in [6, 6.07) is 14.2. The van der Waals surface area contributed by atoms with Crippen molar-refractivity contribution < 1.29 is 9.90 Å². The van der Waals surface area contributed by atoms with Crippen molar-refractivity contribution in [2.45, 2.75) is 25.0 Å². The number of nitrogens with zero attached hydrogens (tertiary/aromatic N) is 2. The van der Waals surface area contributed by atoms with Gasteiger partial charge in [0.15, 0.2) is 0 Å². The first-order valence-electron chi connectivity index (χ1n) is 7.77. The Hall–Kier alpha value is -2.40. The molecular weight excluding hydrogens is 292 g/mol. The Morgan fingerprint density at radius 1 is 1.17 bits per heavy atom. The summed E-state index contributed by atoms with van der Waals surface area (Å²) in [7, 11) is 1.59. The largest absolute Gasteiger partial charge is 0.391 e. The molecule has 0 unspecified atom stereocenters. The molecule has 1 aromatic heterocycles. The van der Waals surface area contributed by atoms with Gasteiger partial charge in [0.05, 0.1) is 12.1 Å². The topological polar surface area (TPSA) is 62.5 Å². The summed E-state index contributed by atoms with van der Waals surface area (Å²) in [6.07, 6.45) is 0.623. The van der Waals surface area contributed by atoms with Gasteiger partial charge in [0.1, 0.15) is 5.69 Å². The minimum absolute atomic E-state index is 0.206. The lowest BCUT2D eigenvalue weighted by atomic mass is 10.0. The standard InChI is InChI=1S/C18H20N2O3/c1-19-14(8-5-9-17(19)22)18(23)20-11-10-16(21)15(20)12-13-6-3-2-4-7-13/h2-9,15-16,21H,10-12H2,1H3/t15-,16-/m0/s1. The summed E-state index contributed by atoms with van der Waals surface area (Å²) in [5, 5.41) is 10.3. The number of aliphatic hydroxyl groups is 1. The summed E-state index contributed by atoms with van der Waals surface area (Å²) in [6.45, 7) is 0.501. The van der Waals surface area contributed by atoms with E-state index in [9.17, 15) is 14.7 Å². The van der Waals surface area contributed by atoms with Gasteiger partial charge in [-0.15, -0.1) is 0 Å². The number of hydrogen-bond donors (Lipinski definition) is 1. The van der Waals surface area contributed by atoms with Crippen LogP contribution in [0.1, 0.15) is 22.5 Å². The molecule has 0 aliphatic carbocycles. The highest BCUT2D eigenvalue weighted by Gasteiger charge is 2.36. The van der Waals surface area contributed by atoms with E-state index in [4.69, 9.17) is 0 Å². The number of aliphatic hydroxyl groups excluding tert-OH is 1. The molecule has 3 rings (SSSR count). The molecular formula is C18H20N2O3. The first-order chi connectivity index (χ1) is 11.1. The normalized spacial score (nSPS) is 20.7. The maximum atomic E-state index is 12.8. The van der Waals surface area contributed by atoms with Gasteiger partial charge < -0.3 is 14.6 Å². The third-order valence-electron chi connectivity index (χ3n) is 4.46. The van der Waals surface area contributed by atoms with Crippen LogP contribution in [0.3, 0.4) is 0 Å². The molecule has 1 amide bonds. The summed E-state index contributed by atoms with van der Waals surface area (Å²) in [4.78, 5) is 26.2. The number of aromatic nitrogens is 1. The molecule has 23 heavy (non-hydrogen) atoms. The van der Waals surface area contributed by atoms with Crippen LogP contribution in [-0.4, -0.2) is 39.2 Å². The zero-order valence-corrected chi connectivity index (χ0v) is 13.1. The van der Waals surface area contributed by atoms with E-state index in [0.29, 0.717) is 25.1 Å². The molecule has 0 spiro atoms. The second-order valence-electron chi connectivity index (χ2n) is 5.92. The van der Waals surface area contributed by atoms with Gasteiger partial charge >= 0.3 is 0 Å². The Balaban J connectivity index is 1.87. The summed E-state index contributed by atoms with van der Waals surface area (Å²) in [5.41, 5.74) is 1.22. The average molecular weight is 312 g/mol. The summed E-state index contributed by atoms with van der Waals surface area (Å²) in [5.74, 6) is -0.206. The average Bonchev–Trinajstić information content (AvgIpc) is 2.91. The zero-order chi connectivity index (χ0) is 16.4. The fourth-order valence-electron chi connectivity index (χ4n) is 3.12. The van der Waals surface area contributed by atoms with Crippen molar-refractivity contribution in [3.63, 3.8) is 0 Å². The molecule has 1 fully saturated rings. The molecule has 1 saturated heterocycles. The molecule has 2 heterocycles. The third kappa shape index (κ3) is 3.05. The quantitative estimate of drug-likeness (QED) is 0.926. The predicted molar refractivity (Wildman–Crippen MR) is 87.3 cm³/mol. The second-order valence-corrected chi connectivity index (χ2v) is 5.92. The lowest BCUT2D eigenvalue weighted by Crippen LogP contribution is -2.42. The molecule has 120 valence electrons. The van der Waals surface area contributed by atoms with E-state index in [0.717, 1.165) is 5.56 Å². The summed E-state index contributed by atoms with van der Waals surface area (Å²) < 4.78 is 1.35. The van der Waals surface area contributed by atoms with Crippen LogP contribution in [0.25, 0.3) is 0 Å². The van der Waals surface area contributed by atoms with Gasteiger partial charge in [0.25, 0.3) is 11.5 Å². The van der Waals surface area contributed by atoms with Gasteiger partial charge in [-0.2, -0.15) is 0 Å². The van der Waals surface area contributed by atoms with Crippen molar-refractivity contribution in [2.75, 3.05) is 6.54 Å². The highest BCUT2D eigenvalue weighted by Crippen LogP contribution is 2.23. The fraction of sp³-hybridized carbons (Fsp3) is 0.333. The smallest absolute Gasteiger partial charge is 0.270 e. The maximum Gasteiger partial charge on any atom is 0.270 e. The Kier molecular flexibility index (Phi) is 4.30. The Morgan fingerprint density at radius 2 is 1.91 bits per heavy atom. The van der Waals surface area contributed by atoms with Crippen LogP contribution in [0, 0.1) is 0 Å². The van der Waals surface area contributed by atoms with Crippen molar-refractivity contribution in [2.24, 2.45) is 7.05 Å². The molecule has 1 aliphatic heterocycles. The number of benzene rings is 1. The Bertz CT molecular complexity index is 754. The summed E-state index contributed by atoms with van der Waals surface area (Å²) >= 11 is 0. The second kappa shape index (κ2) is 6.38. The lowest BCUT2D eigenvalue weighted by Gasteiger charge is -2.27. The molecule has 0 radical (unpaired) electrons. The molecule has 5 heteroatoms. The number of hydrogen-bond acceptors (Lipinski definition) is 3. The molecule has 2 aromatic rings. The SMILES string of the molecule is Cn1c(C(=O)N2CC[C@H](O)[C@@H]2Cc2ccccc2)cccc1=O. The van der Waals surface area contributed by atoms with E-state index >= 15 is 0 Å². The van der Waals surface area contributed by atoms with Crippen LogP contribution in [0.4, 0.5) is 0 Å². The van der Waals surface area contributed by atoms with Gasteiger partial charge in [-0.05, 0) is 24.5 Å². The van der Waals surface area contributed by atoms with Crippen LogP contribution in [0.2, 0.25) is 0 Å². The van der Waals surface area contributed by atoms with Crippen LogP contribution >= 0.6 is 0 Å². The first kappa shape index (κ1) is 15.5. The molecule has 1 aromatic carbocycles. The van der Waals surface area contributed by atoms with Gasteiger partial charge in [-0.25, -0.2) is 0 Å². The molecule has 5 nitrogen and oxygen atoms in total. The van der Waals surface area contributed by atoms with E-state index in [1.54, 1.807) is 24.1 Å². The number of pyridine rings is 1. The van der Waals surface area contributed by atoms with Crippen LogP contribution in [0.15, 0.2) is 53.3 Å². The Labute approximate surface area is 134 Å². The Morgan fingerprint density at radius 3 is 2.65 bits per heavy atom. The van der Waals surface area contributed by atoms with Crippen molar-refractivity contribution in [3.05, 3.63) is 70.1 Å². The molecule has 1 aliphatic rings. The zero-order valence-electron chi connectivity index (χ0n) is 13.1. The number of amides is 1. The fourth-order valence-corrected chi connectivity index (χ4v) is 3.12. The van der Waals surface area contributed by atoms with E-state index in [-0.39, 0.29) is 17.5 Å². The highest BCUT2D eigenvalue weighted by molar-refractivity contribution is 5.93. The van der Waals surface area contributed by atoms with Gasteiger partial charge in [-0.1, -0.05) is 36.4 Å². The van der Waals surface area contributed by atoms with Crippen LogP contribution in [-0.2, 0) is 13.5 Å². The molecule has 0 bridgehead atoms.